The first-order valence-electron chi connectivity index (χ1n) is 5.01. The third kappa shape index (κ3) is 2.19. The van der Waals surface area contributed by atoms with E-state index in [2.05, 4.69) is 0 Å². The van der Waals surface area contributed by atoms with Crippen LogP contribution in [-0.2, 0) is 7.05 Å². The van der Waals surface area contributed by atoms with E-state index in [1.54, 1.807) is 0 Å². The normalized spacial score (nSPS) is 11.3. The number of rotatable bonds is 2. The van der Waals surface area contributed by atoms with Crippen LogP contribution in [0.3, 0.4) is 0 Å². The van der Waals surface area contributed by atoms with Gasteiger partial charge >= 0.3 is 0 Å². The molecule has 0 spiro atoms. The standard InChI is InChI=1S/C10H7ClF3N3O2/c1-15-8(10(13)14)4-16(17(15)19)7-3-9(18)5(11)2-6(7)12/h2-4,10H,1H3/p+1. The molecule has 0 amide bonds. The number of aromatic hydroxyl groups is 1. The molecule has 0 aliphatic carbocycles. The van der Waals surface area contributed by atoms with E-state index in [1.165, 1.54) is 0 Å². The molecule has 0 atom stereocenters. The average Bonchev–Trinajstić information content (AvgIpc) is 2.62. The average molecular weight is 295 g/mol. The molecule has 19 heavy (non-hydrogen) atoms. The quantitative estimate of drug-likeness (QED) is 0.863. The van der Waals surface area contributed by atoms with E-state index in [9.17, 15) is 23.2 Å². The molecular weight excluding hydrogens is 287 g/mol. The summed E-state index contributed by atoms with van der Waals surface area (Å²) < 4.78 is 40.2. The Balaban J connectivity index is 2.70. The van der Waals surface area contributed by atoms with Crippen LogP contribution in [0, 0.1) is 10.7 Å². The summed E-state index contributed by atoms with van der Waals surface area (Å²) in [6.45, 7) is 0. The molecule has 0 saturated heterocycles. The first-order valence-corrected chi connectivity index (χ1v) is 5.38. The van der Waals surface area contributed by atoms with Crippen molar-refractivity contribution in [3.8, 4) is 11.4 Å². The van der Waals surface area contributed by atoms with Gasteiger partial charge in [-0.2, -0.15) is 0 Å². The topological polar surface area (TPSA) is 53.1 Å². The lowest BCUT2D eigenvalue weighted by molar-refractivity contribution is -0.668. The Labute approximate surface area is 109 Å². The molecule has 0 radical (unpaired) electrons. The minimum atomic E-state index is -2.89. The van der Waals surface area contributed by atoms with Gasteiger partial charge in [0.05, 0.1) is 17.0 Å². The maximum atomic E-state index is 13.7. The summed E-state index contributed by atoms with van der Waals surface area (Å²) in [5.74, 6) is -1.39. The summed E-state index contributed by atoms with van der Waals surface area (Å²) >= 11 is 5.49. The maximum absolute atomic E-state index is 13.7. The Kier molecular flexibility index (Phi) is 3.27. The number of benzene rings is 1. The van der Waals surface area contributed by atoms with Gasteiger partial charge in [0.2, 0.25) is 0 Å². The fourth-order valence-electron chi connectivity index (χ4n) is 1.56. The number of aromatic nitrogens is 3. The molecule has 2 aromatic rings. The zero-order valence-corrected chi connectivity index (χ0v) is 10.3. The van der Waals surface area contributed by atoms with Crippen molar-refractivity contribution in [2.24, 2.45) is 7.05 Å². The number of phenolic OH excluding ortho intramolecular Hbond substituents is 1. The molecule has 9 heteroatoms. The minimum absolute atomic E-state index is 0.0350. The zero-order valence-electron chi connectivity index (χ0n) is 9.52. The van der Waals surface area contributed by atoms with Gasteiger partial charge < -0.3 is 5.11 Å². The Morgan fingerprint density at radius 2 is 2.05 bits per heavy atom. The molecule has 0 unspecified atom stereocenters. The van der Waals surface area contributed by atoms with Crippen LogP contribution in [0.15, 0.2) is 18.3 Å². The molecule has 0 aliphatic heterocycles. The first kappa shape index (κ1) is 13.5. The van der Waals surface area contributed by atoms with Crippen LogP contribution >= 0.6 is 11.6 Å². The number of hydrogen-bond acceptors (Lipinski definition) is 2. The lowest BCUT2D eigenvalue weighted by atomic mass is 10.3. The fraction of sp³-hybridized carbons (Fsp3) is 0.200. The van der Waals surface area contributed by atoms with Crippen molar-refractivity contribution in [3.05, 3.63) is 39.8 Å². The van der Waals surface area contributed by atoms with Gasteiger partial charge in [-0.1, -0.05) is 16.3 Å². The Hall–Kier alpha value is -1.96. The van der Waals surface area contributed by atoms with E-state index in [1.807, 2.05) is 0 Å². The highest BCUT2D eigenvalue weighted by Crippen LogP contribution is 2.28. The molecule has 2 rings (SSSR count). The van der Waals surface area contributed by atoms with Crippen molar-refractivity contribution in [2.75, 3.05) is 0 Å². The lowest BCUT2D eigenvalue weighted by Gasteiger charge is -2.00. The number of halogens is 4. The second kappa shape index (κ2) is 4.61. The summed E-state index contributed by atoms with van der Waals surface area (Å²) in [7, 11) is 1.11. The maximum Gasteiger partial charge on any atom is 0.285 e. The van der Waals surface area contributed by atoms with Gasteiger partial charge in [0.1, 0.15) is 11.9 Å². The van der Waals surface area contributed by atoms with Crippen molar-refractivity contribution >= 4 is 11.6 Å². The minimum Gasteiger partial charge on any atom is -0.506 e. The highest BCUT2D eigenvalue weighted by molar-refractivity contribution is 6.32. The van der Waals surface area contributed by atoms with E-state index in [4.69, 9.17) is 11.6 Å². The van der Waals surface area contributed by atoms with Crippen molar-refractivity contribution in [3.63, 3.8) is 0 Å². The fourth-order valence-corrected chi connectivity index (χ4v) is 1.71. The molecule has 5 nitrogen and oxygen atoms in total. The van der Waals surface area contributed by atoms with Crippen LogP contribution in [-0.4, -0.2) is 14.5 Å². The molecular formula is C10H8ClF3N3O2+. The molecule has 0 aliphatic rings. The third-order valence-corrected chi connectivity index (χ3v) is 2.86. The van der Waals surface area contributed by atoms with Gasteiger partial charge in [0.15, 0.2) is 17.2 Å². The zero-order chi connectivity index (χ0) is 14.3. The summed E-state index contributed by atoms with van der Waals surface area (Å²) in [6.07, 6.45) is -2.11. The molecule has 1 aromatic heterocycles. The molecule has 1 heterocycles. The largest absolute Gasteiger partial charge is 0.506 e. The highest BCUT2D eigenvalue weighted by Gasteiger charge is 2.26. The molecule has 1 N–H and O–H groups in total. The molecule has 1 aromatic carbocycles. The van der Waals surface area contributed by atoms with Gasteiger partial charge in [0.25, 0.3) is 11.1 Å². The molecule has 102 valence electrons. The van der Waals surface area contributed by atoms with Crippen LogP contribution in [0.2, 0.25) is 5.02 Å². The summed E-state index contributed by atoms with van der Waals surface area (Å²) in [5.41, 5.74) is -0.983. The van der Waals surface area contributed by atoms with Gasteiger partial charge in [-0.15, -0.1) is 0 Å². The van der Waals surface area contributed by atoms with Gasteiger partial charge in [-0.3, -0.25) is 0 Å². The summed E-state index contributed by atoms with van der Waals surface area (Å²) in [5, 5.41) is 9.14. The first-order chi connectivity index (χ1) is 8.82. The van der Waals surface area contributed by atoms with Crippen molar-refractivity contribution in [1.29, 1.82) is 0 Å². The second-order valence-electron chi connectivity index (χ2n) is 3.73. The predicted octanol–water partition coefficient (Wildman–Crippen LogP) is 2.17. The monoisotopic (exact) mass is 294 g/mol. The molecule has 0 saturated carbocycles. The van der Waals surface area contributed by atoms with Crippen LogP contribution in [0.25, 0.3) is 5.69 Å². The Bertz CT molecular complexity index is 696. The summed E-state index contributed by atoms with van der Waals surface area (Å²) in [4.78, 5) is 11.7. The Morgan fingerprint density at radius 3 is 2.58 bits per heavy atom. The predicted molar refractivity (Wildman–Crippen MR) is 59.7 cm³/mol. The van der Waals surface area contributed by atoms with Crippen LogP contribution < -0.4 is 4.66 Å². The smallest absolute Gasteiger partial charge is 0.285 e. The van der Waals surface area contributed by atoms with Gasteiger partial charge in [-0.25, -0.2) is 13.2 Å². The third-order valence-electron chi connectivity index (χ3n) is 2.56. The molecule has 0 fully saturated rings. The van der Waals surface area contributed by atoms with Crippen molar-refractivity contribution in [2.45, 2.75) is 6.43 Å². The number of hydrogen-bond donors (Lipinski definition) is 1. The van der Waals surface area contributed by atoms with E-state index in [-0.39, 0.29) is 15.4 Å². The van der Waals surface area contributed by atoms with Crippen LogP contribution in [0.5, 0.6) is 5.75 Å². The number of nitrogens with zero attached hydrogens (tertiary/aromatic N) is 3. The Morgan fingerprint density at radius 1 is 1.42 bits per heavy atom. The highest BCUT2D eigenvalue weighted by atomic mass is 35.5. The molecule has 0 bridgehead atoms. The van der Waals surface area contributed by atoms with Crippen molar-refractivity contribution < 1.29 is 22.9 Å². The second-order valence-corrected chi connectivity index (χ2v) is 4.14. The van der Waals surface area contributed by atoms with Crippen LogP contribution in [0.1, 0.15) is 12.1 Å². The van der Waals surface area contributed by atoms with Gasteiger partial charge in [0, 0.05) is 6.07 Å². The summed E-state index contributed by atoms with van der Waals surface area (Å²) in [6, 6.07) is 1.66. The number of alkyl halides is 2. The van der Waals surface area contributed by atoms with Crippen molar-refractivity contribution in [1.82, 2.24) is 9.36 Å². The van der Waals surface area contributed by atoms with Crippen LogP contribution in [0.4, 0.5) is 13.2 Å². The lowest BCUT2D eigenvalue weighted by Crippen LogP contribution is -2.35. The van der Waals surface area contributed by atoms with E-state index in [0.717, 1.165) is 25.4 Å². The number of phenols is 1. The van der Waals surface area contributed by atoms with E-state index in [0.29, 0.717) is 9.36 Å². The van der Waals surface area contributed by atoms with E-state index >= 15 is 0 Å². The SMILES string of the molecule is Cn1c(C(F)F)cn(-c2cc(O)c(Cl)cc2F)[n+]1=O. The van der Waals surface area contributed by atoms with Gasteiger partial charge in [-0.05, 0) is 10.7 Å². The van der Waals surface area contributed by atoms with E-state index < -0.39 is 23.7 Å².